The zero-order chi connectivity index (χ0) is 9.80. The van der Waals surface area contributed by atoms with Crippen molar-refractivity contribution >= 4 is 5.57 Å². The standard InChI is InChI=1S/C13H16O/c14-10-13(12-8-4-5-9-12)11-6-2-1-3-7-11/h1-3,6-7,10,12,14H,4-5,8-9H2/b13-10-. The minimum absolute atomic E-state index is 0.572. The summed E-state index contributed by atoms with van der Waals surface area (Å²) in [5.41, 5.74) is 2.28. The predicted molar refractivity (Wildman–Crippen MR) is 59.0 cm³/mol. The lowest BCUT2D eigenvalue weighted by molar-refractivity contribution is 0.469. The molecule has 0 spiro atoms. The zero-order valence-electron chi connectivity index (χ0n) is 8.32. The van der Waals surface area contributed by atoms with E-state index < -0.39 is 0 Å². The van der Waals surface area contributed by atoms with Gasteiger partial charge in [-0.15, -0.1) is 0 Å². The summed E-state index contributed by atoms with van der Waals surface area (Å²) >= 11 is 0. The summed E-state index contributed by atoms with van der Waals surface area (Å²) in [6, 6.07) is 10.2. The van der Waals surface area contributed by atoms with Crippen LogP contribution in [0, 0.1) is 5.92 Å². The zero-order valence-corrected chi connectivity index (χ0v) is 8.32. The van der Waals surface area contributed by atoms with Crippen molar-refractivity contribution in [3.8, 4) is 0 Å². The molecule has 1 aromatic rings. The van der Waals surface area contributed by atoms with Crippen LogP contribution >= 0.6 is 0 Å². The first kappa shape index (κ1) is 9.32. The molecule has 2 rings (SSSR count). The second-order valence-electron chi connectivity index (χ2n) is 3.93. The summed E-state index contributed by atoms with van der Waals surface area (Å²) in [7, 11) is 0. The third-order valence-corrected chi connectivity index (χ3v) is 3.04. The quantitative estimate of drug-likeness (QED) is 0.700. The van der Waals surface area contributed by atoms with Gasteiger partial charge in [0.25, 0.3) is 0 Å². The molecule has 1 aliphatic rings. The molecule has 0 bridgehead atoms. The fraction of sp³-hybridized carbons (Fsp3) is 0.385. The van der Waals surface area contributed by atoms with Crippen LogP contribution in [0.3, 0.4) is 0 Å². The minimum atomic E-state index is 0.572. The molecule has 0 amide bonds. The van der Waals surface area contributed by atoms with Crippen molar-refractivity contribution in [2.45, 2.75) is 25.7 Å². The van der Waals surface area contributed by atoms with Crippen LogP contribution in [-0.2, 0) is 0 Å². The molecule has 0 saturated heterocycles. The van der Waals surface area contributed by atoms with Crippen molar-refractivity contribution in [2.75, 3.05) is 0 Å². The maximum atomic E-state index is 9.28. The highest BCUT2D eigenvalue weighted by Crippen LogP contribution is 2.35. The first-order valence-electron chi connectivity index (χ1n) is 5.31. The van der Waals surface area contributed by atoms with E-state index in [1.807, 2.05) is 18.2 Å². The Labute approximate surface area is 85.1 Å². The summed E-state index contributed by atoms with van der Waals surface area (Å²) in [6.45, 7) is 0. The fourth-order valence-electron chi connectivity index (χ4n) is 2.28. The Morgan fingerprint density at radius 1 is 1.14 bits per heavy atom. The Morgan fingerprint density at radius 2 is 1.79 bits per heavy atom. The molecular formula is C13H16O. The first-order valence-corrected chi connectivity index (χ1v) is 5.31. The molecule has 1 nitrogen and oxygen atoms in total. The van der Waals surface area contributed by atoms with Crippen LogP contribution in [0.15, 0.2) is 36.6 Å². The van der Waals surface area contributed by atoms with Crippen LogP contribution in [0.2, 0.25) is 0 Å². The van der Waals surface area contributed by atoms with Gasteiger partial charge in [-0.2, -0.15) is 0 Å². The van der Waals surface area contributed by atoms with Gasteiger partial charge in [-0.05, 0) is 29.9 Å². The highest BCUT2D eigenvalue weighted by molar-refractivity contribution is 5.66. The average molecular weight is 188 g/mol. The molecule has 1 N–H and O–H groups in total. The summed E-state index contributed by atoms with van der Waals surface area (Å²) < 4.78 is 0. The molecule has 14 heavy (non-hydrogen) atoms. The maximum Gasteiger partial charge on any atom is 0.0832 e. The summed E-state index contributed by atoms with van der Waals surface area (Å²) in [4.78, 5) is 0. The summed E-state index contributed by atoms with van der Waals surface area (Å²) in [6.07, 6.45) is 6.34. The second-order valence-corrected chi connectivity index (χ2v) is 3.93. The van der Waals surface area contributed by atoms with Crippen LogP contribution in [0.25, 0.3) is 5.57 Å². The minimum Gasteiger partial charge on any atom is -0.515 e. The van der Waals surface area contributed by atoms with E-state index in [1.54, 1.807) is 0 Å². The predicted octanol–water partition coefficient (Wildman–Crippen LogP) is 3.78. The monoisotopic (exact) mass is 188 g/mol. The lowest BCUT2D eigenvalue weighted by atomic mass is 9.92. The van der Waals surface area contributed by atoms with E-state index >= 15 is 0 Å². The molecule has 1 saturated carbocycles. The molecule has 0 atom stereocenters. The van der Waals surface area contributed by atoms with Gasteiger partial charge in [-0.25, -0.2) is 0 Å². The number of aliphatic hydroxyl groups excluding tert-OH is 1. The van der Waals surface area contributed by atoms with Gasteiger partial charge >= 0.3 is 0 Å². The normalized spacial score (nSPS) is 18.7. The van der Waals surface area contributed by atoms with Crippen molar-refractivity contribution in [3.05, 3.63) is 42.2 Å². The molecule has 74 valence electrons. The maximum absolute atomic E-state index is 9.28. The fourth-order valence-corrected chi connectivity index (χ4v) is 2.28. The number of aliphatic hydroxyl groups is 1. The van der Waals surface area contributed by atoms with Crippen molar-refractivity contribution in [1.29, 1.82) is 0 Å². The Morgan fingerprint density at radius 3 is 2.36 bits per heavy atom. The van der Waals surface area contributed by atoms with E-state index in [2.05, 4.69) is 12.1 Å². The SMILES string of the molecule is O/C=C(/c1ccccc1)C1CCCC1. The third kappa shape index (κ3) is 1.82. The van der Waals surface area contributed by atoms with E-state index in [0.29, 0.717) is 5.92 Å². The van der Waals surface area contributed by atoms with E-state index in [0.717, 1.165) is 5.57 Å². The van der Waals surface area contributed by atoms with Gasteiger partial charge in [0.1, 0.15) is 0 Å². The topological polar surface area (TPSA) is 20.2 Å². The Hall–Kier alpha value is -1.24. The largest absolute Gasteiger partial charge is 0.515 e. The highest BCUT2D eigenvalue weighted by Gasteiger charge is 2.20. The van der Waals surface area contributed by atoms with Gasteiger partial charge in [-0.3, -0.25) is 0 Å². The number of hydrogen-bond donors (Lipinski definition) is 1. The van der Waals surface area contributed by atoms with Gasteiger partial charge in [0, 0.05) is 0 Å². The Balaban J connectivity index is 2.22. The first-order chi connectivity index (χ1) is 6.92. The van der Waals surface area contributed by atoms with E-state index in [9.17, 15) is 5.11 Å². The lowest BCUT2D eigenvalue weighted by Crippen LogP contribution is -1.97. The van der Waals surface area contributed by atoms with Crippen molar-refractivity contribution < 1.29 is 5.11 Å². The van der Waals surface area contributed by atoms with Gasteiger partial charge < -0.3 is 5.11 Å². The summed E-state index contributed by atoms with van der Waals surface area (Å²) in [5, 5.41) is 9.28. The molecule has 1 heteroatoms. The molecule has 0 unspecified atom stereocenters. The van der Waals surface area contributed by atoms with Gasteiger partial charge in [0.2, 0.25) is 0 Å². The van der Waals surface area contributed by atoms with Crippen LogP contribution in [0.4, 0.5) is 0 Å². The number of rotatable bonds is 2. The molecule has 0 heterocycles. The van der Waals surface area contributed by atoms with Gasteiger partial charge in [-0.1, -0.05) is 43.2 Å². The summed E-state index contributed by atoms with van der Waals surface area (Å²) in [5.74, 6) is 0.572. The molecule has 1 aliphatic carbocycles. The molecule has 0 radical (unpaired) electrons. The van der Waals surface area contributed by atoms with Gasteiger partial charge in [0.05, 0.1) is 6.26 Å². The Bertz CT molecular complexity index is 307. The molecule has 0 aliphatic heterocycles. The van der Waals surface area contributed by atoms with Crippen molar-refractivity contribution in [2.24, 2.45) is 5.92 Å². The van der Waals surface area contributed by atoms with Gasteiger partial charge in [0.15, 0.2) is 0 Å². The van der Waals surface area contributed by atoms with E-state index in [4.69, 9.17) is 0 Å². The molecule has 1 fully saturated rings. The molecular weight excluding hydrogens is 172 g/mol. The number of hydrogen-bond acceptors (Lipinski definition) is 1. The van der Waals surface area contributed by atoms with Crippen LogP contribution in [-0.4, -0.2) is 5.11 Å². The Kier molecular flexibility index (Phi) is 2.87. The third-order valence-electron chi connectivity index (χ3n) is 3.04. The number of allylic oxidation sites excluding steroid dienone is 1. The molecule has 1 aromatic carbocycles. The second kappa shape index (κ2) is 4.32. The van der Waals surface area contributed by atoms with Crippen LogP contribution in [0.5, 0.6) is 0 Å². The smallest absolute Gasteiger partial charge is 0.0832 e. The van der Waals surface area contributed by atoms with Crippen molar-refractivity contribution in [1.82, 2.24) is 0 Å². The van der Waals surface area contributed by atoms with Crippen LogP contribution in [0.1, 0.15) is 31.2 Å². The van der Waals surface area contributed by atoms with Crippen molar-refractivity contribution in [3.63, 3.8) is 0 Å². The van der Waals surface area contributed by atoms with E-state index in [1.165, 1.54) is 37.5 Å². The number of benzene rings is 1. The van der Waals surface area contributed by atoms with E-state index in [-0.39, 0.29) is 0 Å². The highest BCUT2D eigenvalue weighted by atomic mass is 16.2. The van der Waals surface area contributed by atoms with Crippen LogP contribution < -0.4 is 0 Å². The lowest BCUT2D eigenvalue weighted by Gasteiger charge is -2.13. The molecule has 0 aromatic heterocycles. The average Bonchev–Trinajstić information content (AvgIpc) is 2.74.